The molecule has 1 fully saturated rings. The molecule has 2 N–H and O–H groups in total. The highest BCUT2D eigenvalue weighted by atomic mass is 32.2. The van der Waals surface area contributed by atoms with E-state index in [1.807, 2.05) is 45.6 Å². The van der Waals surface area contributed by atoms with Crippen molar-refractivity contribution < 1.29 is 18.0 Å². The van der Waals surface area contributed by atoms with E-state index in [4.69, 9.17) is 0 Å². The lowest BCUT2D eigenvalue weighted by atomic mass is 10.1. The van der Waals surface area contributed by atoms with Gasteiger partial charge in [0.05, 0.1) is 10.9 Å². The zero-order valence-electron chi connectivity index (χ0n) is 18.1. The minimum atomic E-state index is -3.57. The number of sulfonamides is 1. The summed E-state index contributed by atoms with van der Waals surface area (Å²) in [6, 6.07) is 4.07. The first-order chi connectivity index (χ1) is 13.3. The number of hydrogen-bond acceptors (Lipinski definition) is 5. The van der Waals surface area contributed by atoms with Crippen LogP contribution < -0.4 is 10.6 Å². The monoisotopic (exact) mass is 424 g/mol. The first kappa shape index (κ1) is 23.3. The number of urea groups is 1. The maximum atomic E-state index is 12.9. The number of piperazine rings is 1. The Labute approximate surface area is 173 Å². The van der Waals surface area contributed by atoms with Gasteiger partial charge in [0.1, 0.15) is 0 Å². The maximum absolute atomic E-state index is 12.9. The van der Waals surface area contributed by atoms with Gasteiger partial charge in [0.25, 0.3) is 0 Å². The first-order valence-electron chi connectivity index (χ1n) is 9.76. The van der Waals surface area contributed by atoms with Gasteiger partial charge in [-0.2, -0.15) is 4.31 Å². The van der Waals surface area contributed by atoms with Crippen LogP contribution in [0.3, 0.4) is 0 Å². The van der Waals surface area contributed by atoms with Gasteiger partial charge >= 0.3 is 6.03 Å². The second-order valence-electron chi connectivity index (χ2n) is 8.56. The average Bonchev–Trinajstić information content (AvgIpc) is 2.61. The summed E-state index contributed by atoms with van der Waals surface area (Å²) in [5.74, 6) is -0.405. The van der Waals surface area contributed by atoms with Crippen molar-refractivity contribution in [1.82, 2.24) is 19.8 Å². The number of imide groups is 1. The Morgan fingerprint density at radius 1 is 1.03 bits per heavy atom. The average molecular weight is 425 g/mol. The first-order valence-corrected chi connectivity index (χ1v) is 11.2. The molecule has 0 bridgehead atoms. The number of carbonyl (C=O) groups is 2. The van der Waals surface area contributed by atoms with Gasteiger partial charge in [-0.15, -0.1) is 0 Å². The van der Waals surface area contributed by atoms with E-state index in [2.05, 4.69) is 10.6 Å². The molecule has 3 amide bonds. The van der Waals surface area contributed by atoms with Crippen LogP contribution in [0.15, 0.2) is 23.1 Å². The van der Waals surface area contributed by atoms with Crippen LogP contribution in [-0.4, -0.2) is 67.3 Å². The SMILES string of the molecule is Cc1ccc(S(=O)(=O)N2CCN([C@H](C)C(=O)NC(=O)NC(C)(C)C)CC2)cc1C. The Morgan fingerprint density at radius 2 is 1.62 bits per heavy atom. The van der Waals surface area contributed by atoms with Crippen LogP contribution in [0.4, 0.5) is 4.79 Å². The van der Waals surface area contributed by atoms with Gasteiger partial charge in [-0.05, 0) is 64.8 Å². The van der Waals surface area contributed by atoms with E-state index in [1.165, 1.54) is 4.31 Å². The van der Waals surface area contributed by atoms with Crippen molar-refractivity contribution in [2.45, 2.75) is 58.0 Å². The molecule has 0 unspecified atom stereocenters. The van der Waals surface area contributed by atoms with E-state index in [9.17, 15) is 18.0 Å². The van der Waals surface area contributed by atoms with Crippen molar-refractivity contribution in [2.75, 3.05) is 26.2 Å². The highest BCUT2D eigenvalue weighted by Crippen LogP contribution is 2.21. The van der Waals surface area contributed by atoms with E-state index in [0.717, 1.165) is 11.1 Å². The van der Waals surface area contributed by atoms with Crippen molar-refractivity contribution in [3.8, 4) is 0 Å². The summed E-state index contributed by atoms with van der Waals surface area (Å²) >= 11 is 0. The molecule has 9 heteroatoms. The number of hydrogen-bond donors (Lipinski definition) is 2. The van der Waals surface area contributed by atoms with Gasteiger partial charge in [0.2, 0.25) is 15.9 Å². The van der Waals surface area contributed by atoms with E-state index >= 15 is 0 Å². The van der Waals surface area contributed by atoms with Crippen molar-refractivity contribution in [3.63, 3.8) is 0 Å². The summed E-state index contributed by atoms with van der Waals surface area (Å²) < 4.78 is 27.3. The van der Waals surface area contributed by atoms with Gasteiger partial charge in [-0.25, -0.2) is 13.2 Å². The van der Waals surface area contributed by atoms with E-state index in [0.29, 0.717) is 31.1 Å². The molecule has 0 aromatic heterocycles. The summed E-state index contributed by atoms with van der Waals surface area (Å²) in [6.07, 6.45) is 0. The number of amides is 3. The zero-order valence-corrected chi connectivity index (χ0v) is 18.9. The van der Waals surface area contributed by atoms with Gasteiger partial charge in [-0.3, -0.25) is 15.0 Å². The van der Waals surface area contributed by atoms with Crippen molar-refractivity contribution in [3.05, 3.63) is 29.3 Å². The summed E-state index contributed by atoms with van der Waals surface area (Å²) in [4.78, 5) is 26.4. The lowest BCUT2D eigenvalue weighted by Crippen LogP contribution is -2.57. The molecule has 0 saturated carbocycles. The summed E-state index contributed by atoms with van der Waals surface area (Å²) in [5.41, 5.74) is 1.54. The molecule has 1 atom stereocenters. The second kappa shape index (κ2) is 8.81. The van der Waals surface area contributed by atoms with Crippen LogP contribution in [0.1, 0.15) is 38.8 Å². The van der Waals surface area contributed by atoms with Crippen LogP contribution in [0.5, 0.6) is 0 Å². The van der Waals surface area contributed by atoms with Crippen LogP contribution in [0.25, 0.3) is 0 Å². The highest BCUT2D eigenvalue weighted by Gasteiger charge is 2.32. The molecular weight excluding hydrogens is 392 g/mol. The molecule has 162 valence electrons. The number of rotatable bonds is 4. The second-order valence-corrected chi connectivity index (χ2v) is 10.5. The smallest absolute Gasteiger partial charge is 0.321 e. The third-order valence-corrected chi connectivity index (χ3v) is 6.94. The molecular formula is C20H32N4O4S. The number of nitrogens with one attached hydrogen (secondary N) is 2. The van der Waals surface area contributed by atoms with Gasteiger partial charge in [0, 0.05) is 31.7 Å². The predicted molar refractivity (Wildman–Crippen MR) is 112 cm³/mol. The summed E-state index contributed by atoms with van der Waals surface area (Å²) in [7, 11) is -3.57. The van der Waals surface area contributed by atoms with Crippen molar-refractivity contribution in [2.24, 2.45) is 0 Å². The lowest BCUT2D eigenvalue weighted by Gasteiger charge is -2.36. The quantitative estimate of drug-likeness (QED) is 0.765. The lowest BCUT2D eigenvalue weighted by molar-refractivity contribution is -0.125. The Hall–Kier alpha value is -1.97. The van der Waals surface area contributed by atoms with Crippen molar-refractivity contribution in [1.29, 1.82) is 0 Å². The molecule has 1 aromatic carbocycles. The Balaban J connectivity index is 1.96. The normalized spacial score (nSPS) is 17.6. The molecule has 1 heterocycles. The Morgan fingerprint density at radius 3 is 2.14 bits per heavy atom. The van der Waals surface area contributed by atoms with E-state index in [1.54, 1.807) is 19.1 Å². The van der Waals surface area contributed by atoms with Crippen LogP contribution >= 0.6 is 0 Å². The minimum absolute atomic E-state index is 0.290. The van der Waals surface area contributed by atoms with Crippen LogP contribution in [0.2, 0.25) is 0 Å². The maximum Gasteiger partial charge on any atom is 0.321 e. The Kier molecular flexibility index (Phi) is 7.08. The highest BCUT2D eigenvalue weighted by molar-refractivity contribution is 7.89. The van der Waals surface area contributed by atoms with E-state index in [-0.39, 0.29) is 0 Å². The topological polar surface area (TPSA) is 98.8 Å². The zero-order chi connectivity index (χ0) is 22.0. The van der Waals surface area contributed by atoms with Gasteiger partial charge in [0.15, 0.2) is 0 Å². The molecule has 2 rings (SSSR count). The third-order valence-electron chi connectivity index (χ3n) is 5.04. The number of nitrogens with zero attached hydrogens (tertiary/aromatic N) is 2. The molecule has 1 aliphatic heterocycles. The summed E-state index contributed by atoms with van der Waals surface area (Å²) in [6.45, 7) is 12.5. The standard InChI is InChI=1S/C20H32N4O4S/c1-14-7-8-17(13-15(14)2)29(27,28)24-11-9-23(10-12-24)16(3)18(25)21-19(26)22-20(4,5)6/h7-8,13,16H,9-12H2,1-6H3,(H2,21,22,25,26)/t16-/m1/s1. The van der Waals surface area contributed by atoms with E-state index < -0.39 is 33.5 Å². The fourth-order valence-electron chi connectivity index (χ4n) is 3.11. The van der Waals surface area contributed by atoms with Crippen LogP contribution in [-0.2, 0) is 14.8 Å². The fourth-order valence-corrected chi connectivity index (χ4v) is 4.62. The molecule has 1 aliphatic rings. The van der Waals surface area contributed by atoms with Crippen molar-refractivity contribution >= 4 is 22.0 Å². The third kappa shape index (κ3) is 6.01. The van der Waals surface area contributed by atoms with Crippen LogP contribution in [0, 0.1) is 13.8 Å². The predicted octanol–water partition coefficient (Wildman–Crippen LogP) is 1.62. The molecule has 0 aliphatic carbocycles. The molecule has 29 heavy (non-hydrogen) atoms. The number of aryl methyl sites for hydroxylation is 2. The summed E-state index contributed by atoms with van der Waals surface area (Å²) in [5, 5.41) is 5.03. The van der Waals surface area contributed by atoms with Gasteiger partial charge < -0.3 is 5.32 Å². The molecule has 8 nitrogen and oxygen atoms in total. The Bertz CT molecular complexity index is 869. The number of carbonyl (C=O) groups excluding carboxylic acids is 2. The molecule has 1 aromatic rings. The van der Waals surface area contributed by atoms with Gasteiger partial charge in [-0.1, -0.05) is 6.07 Å². The number of benzene rings is 1. The fraction of sp³-hybridized carbons (Fsp3) is 0.600. The largest absolute Gasteiger partial charge is 0.333 e. The molecule has 1 saturated heterocycles. The minimum Gasteiger partial charge on any atom is -0.333 e. The molecule has 0 spiro atoms. The molecule has 0 radical (unpaired) electrons.